The van der Waals surface area contributed by atoms with Crippen molar-refractivity contribution in [2.75, 3.05) is 0 Å². The van der Waals surface area contributed by atoms with Crippen molar-refractivity contribution in [2.24, 2.45) is 11.3 Å². The average Bonchev–Trinajstić information content (AvgIpc) is 2.53. The van der Waals surface area contributed by atoms with Gasteiger partial charge in [-0.15, -0.1) is 0 Å². The van der Waals surface area contributed by atoms with Crippen molar-refractivity contribution in [1.29, 1.82) is 5.26 Å². The van der Waals surface area contributed by atoms with E-state index in [0.717, 1.165) is 25.7 Å². The van der Waals surface area contributed by atoms with Crippen LogP contribution in [-0.2, 0) is 4.79 Å². The normalized spacial score (nSPS) is 42.1. The first-order valence-electron chi connectivity index (χ1n) is 4.22. The molecule has 0 heterocycles. The maximum absolute atomic E-state index is 11.3. The molecule has 0 aromatic rings. The summed E-state index contributed by atoms with van der Waals surface area (Å²) in [4.78, 5) is 11.3. The lowest BCUT2D eigenvalue weighted by atomic mass is 9.82. The number of hydrogen-bond donors (Lipinski definition) is 0. The van der Waals surface area contributed by atoms with Crippen molar-refractivity contribution in [3.8, 4) is 6.07 Å². The first-order valence-corrected chi connectivity index (χ1v) is 4.22. The summed E-state index contributed by atoms with van der Waals surface area (Å²) in [6.07, 6.45) is 4.47. The number of carbonyl (C=O) groups is 1. The third-order valence-corrected chi connectivity index (χ3v) is 3.21. The van der Waals surface area contributed by atoms with Crippen LogP contribution in [0.5, 0.6) is 0 Å². The fourth-order valence-corrected chi connectivity index (χ4v) is 2.55. The van der Waals surface area contributed by atoms with Crippen molar-refractivity contribution in [3.05, 3.63) is 0 Å². The second-order valence-electron chi connectivity index (χ2n) is 3.68. The molecule has 11 heavy (non-hydrogen) atoms. The Kier molecular flexibility index (Phi) is 1.29. The molecular formula is C9H11NO. The third-order valence-electron chi connectivity index (χ3n) is 3.21. The molecule has 58 valence electrons. The highest BCUT2D eigenvalue weighted by Gasteiger charge is 2.51. The first-order chi connectivity index (χ1) is 5.28. The Labute approximate surface area is 66.2 Å². The highest BCUT2D eigenvalue weighted by atomic mass is 16.1. The van der Waals surface area contributed by atoms with Gasteiger partial charge in [0.15, 0.2) is 0 Å². The molecule has 0 aromatic carbocycles. The summed E-state index contributed by atoms with van der Waals surface area (Å²) in [5.74, 6) is 0.441. The van der Waals surface area contributed by atoms with Crippen LogP contribution in [-0.4, -0.2) is 5.78 Å². The maximum atomic E-state index is 11.3. The molecule has 2 aliphatic rings. The van der Waals surface area contributed by atoms with E-state index in [-0.39, 0.29) is 11.3 Å². The molecule has 0 spiro atoms. The van der Waals surface area contributed by atoms with Gasteiger partial charge in [-0.05, 0) is 19.3 Å². The van der Waals surface area contributed by atoms with Gasteiger partial charge in [0, 0.05) is 12.3 Å². The van der Waals surface area contributed by atoms with Crippen LogP contribution in [0.4, 0.5) is 0 Å². The number of ketones is 1. The number of nitrogens with zero attached hydrogens (tertiary/aromatic N) is 1. The zero-order chi connectivity index (χ0) is 7.90. The Balaban J connectivity index is 2.34. The van der Waals surface area contributed by atoms with E-state index in [2.05, 4.69) is 6.07 Å². The van der Waals surface area contributed by atoms with Crippen molar-refractivity contribution in [3.63, 3.8) is 0 Å². The van der Waals surface area contributed by atoms with Crippen LogP contribution in [0.1, 0.15) is 32.1 Å². The average molecular weight is 149 g/mol. The molecule has 2 unspecified atom stereocenters. The second kappa shape index (κ2) is 2.07. The van der Waals surface area contributed by atoms with Crippen molar-refractivity contribution < 1.29 is 4.79 Å². The summed E-state index contributed by atoms with van der Waals surface area (Å²) < 4.78 is 0. The van der Waals surface area contributed by atoms with E-state index in [9.17, 15) is 4.79 Å². The van der Waals surface area contributed by atoms with Crippen LogP contribution in [0.25, 0.3) is 0 Å². The lowest BCUT2D eigenvalue weighted by molar-refractivity contribution is -0.121. The summed E-state index contributed by atoms with van der Waals surface area (Å²) in [6.45, 7) is 0. The quantitative estimate of drug-likeness (QED) is 0.525. The molecule has 0 aromatic heterocycles. The molecule has 0 saturated heterocycles. The van der Waals surface area contributed by atoms with Gasteiger partial charge in [0.1, 0.15) is 5.78 Å². The summed E-state index contributed by atoms with van der Waals surface area (Å²) in [5.41, 5.74) is -0.225. The van der Waals surface area contributed by atoms with Crippen LogP contribution in [0, 0.1) is 22.7 Å². The lowest BCUT2D eigenvalue weighted by Crippen LogP contribution is -2.20. The minimum atomic E-state index is -0.225. The van der Waals surface area contributed by atoms with Gasteiger partial charge in [-0.25, -0.2) is 0 Å². The van der Waals surface area contributed by atoms with Gasteiger partial charge in [-0.1, -0.05) is 6.42 Å². The summed E-state index contributed by atoms with van der Waals surface area (Å²) in [6, 6.07) is 2.35. The molecule has 2 atom stereocenters. The fourth-order valence-electron chi connectivity index (χ4n) is 2.55. The largest absolute Gasteiger partial charge is 0.299 e. The third kappa shape index (κ3) is 0.742. The van der Waals surface area contributed by atoms with Gasteiger partial charge in [0.2, 0.25) is 0 Å². The highest BCUT2D eigenvalue weighted by Crippen LogP contribution is 2.51. The van der Waals surface area contributed by atoms with E-state index < -0.39 is 0 Å². The summed E-state index contributed by atoms with van der Waals surface area (Å²) in [7, 11) is 0. The highest BCUT2D eigenvalue weighted by molar-refractivity contribution is 5.85. The van der Waals surface area contributed by atoms with Gasteiger partial charge in [-0.2, -0.15) is 5.26 Å². The Hall–Kier alpha value is -0.840. The number of Topliss-reactive ketones (excluding diaryl/α,β-unsaturated/α-hetero) is 1. The Morgan fingerprint density at radius 3 is 3.00 bits per heavy atom. The molecule has 2 fully saturated rings. The van der Waals surface area contributed by atoms with Crippen LogP contribution < -0.4 is 0 Å². The van der Waals surface area contributed by atoms with Crippen molar-refractivity contribution in [1.82, 2.24) is 0 Å². The van der Waals surface area contributed by atoms with E-state index in [1.807, 2.05) is 0 Å². The minimum Gasteiger partial charge on any atom is -0.299 e. The SMILES string of the molecule is N#CC12CCCC1C(=O)CC2. The van der Waals surface area contributed by atoms with Gasteiger partial charge in [0.25, 0.3) is 0 Å². The summed E-state index contributed by atoms with van der Waals surface area (Å²) >= 11 is 0. The number of hydrogen-bond acceptors (Lipinski definition) is 2. The number of fused-ring (bicyclic) bond motifs is 1. The molecule has 0 amide bonds. The molecule has 0 N–H and O–H groups in total. The first kappa shape index (κ1) is 6.84. The van der Waals surface area contributed by atoms with Crippen LogP contribution in [0.15, 0.2) is 0 Å². The standard InChI is InChI=1S/C9H11NO/c10-6-9-4-1-2-7(9)8(11)3-5-9/h7H,1-5H2. The number of nitriles is 1. The van der Waals surface area contributed by atoms with E-state index in [1.165, 1.54) is 0 Å². The Morgan fingerprint density at radius 1 is 1.55 bits per heavy atom. The summed E-state index contributed by atoms with van der Waals surface area (Å²) in [5, 5.41) is 8.94. The zero-order valence-corrected chi connectivity index (χ0v) is 6.47. The smallest absolute Gasteiger partial charge is 0.137 e. The molecule has 0 aliphatic heterocycles. The van der Waals surface area contributed by atoms with Gasteiger partial charge < -0.3 is 0 Å². The van der Waals surface area contributed by atoms with Crippen LogP contribution in [0.3, 0.4) is 0 Å². The number of rotatable bonds is 0. The van der Waals surface area contributed by atoms with Crippen LogP contribution in [0.2, 0.25) is 0 Å². The molecule has 2 heteroatoms. The predicted octanol–water partition coefficient (Wildman–Crippen LogP) is 1.66. The zero-order valence-electron chi connectivity index (χ0n) is 6.47. The topological polar surface area (TPSA) is 40.9 Å². The van der Waals surface area contributed by atoms with Gasteiger partial charge in [0.05, 0.1) is 11.5 Å². The molecule has 2 rings (SSSR count). The van der Waals surface area contributed by atoms with Crippen LogP contribution >= 0.6 is 0 Å². The molecular weight excluding hydrogens is 138 g/mol. The molecule has 0 bridgehead atoms. The van der Waals surface area contributed by atoms with Gasteiger partial charge in [-0.3, -0.25) is 4.79 Å². The molecule has 2 saturated carbocycles. The van der Waals surface area contributed by atoms with Gasteiger partial charge >= 0.3 is 0 Å². The van der Waals surface area contributed by atoms with E-state index in [0.29, 0.717) is 12.2 Å². The second-order valence-corrected chi connectivity index (χ2v) is 3.68. The maximum Gasteiger partial charge on any atom is 0.137 e. The molecule has 2 nitrogen and oxygen atoms in total. The molecule has 2 aliphatic carbocycles. The Morgan fingerprint density at radius 2 is 2.36 bits per heavy atom. The van der Waals surface area contributed by atoms with Crippen molar-refractivity contribution >= 4 is 5.78 Å². The lowest BCUT2D eigenvalue weighted by Gasteiger charge is -2.17. The van der Waals surface area contributed by atoms with Crippen molar-refractivity contribution in [2.45, 2.75) is 32.1 Å². The predicted molar refractivity (Wildman–Crippen MR) is 39.6 cm³/mol. The monoisotopic (exact) mass is 149 g/mol. The molecule has 0 radical (unpaired) electrons. The Bertz CT molecular complexity index is 240. The van der Waals surface area contributed by atoms with E-state index in [4.69, 9.17) is 5.26 Å². The fraction of sp³-hybridized carbons (Fsp3) is 0.778. The number of carbonyl (C=O) groups excluding carboxylic acids is 1. The minimum absolute atomic E-state index is 0.104. The van der Waals surface area contributed by atoms with E-state index in [1.54, 1.807) is 0 Å². The van der Waals surface area contributed by atoms with E-state index >= 15 is 0 Å².